The van der Waals surface area contributed by atoms with E-state index in [1.54, 1.807) is 7.11 Å². The molecule has 0 radical (unpaired) electrons. The van der Waals surface area contributed by atoms with Gasteiger partial charge in [-0.15, -0.1) is 0 Å². The third-order valence-electron chi connectivity index (χ3n) is 2.66. The Morgan fingerprint density at radius 1 is 0.857 bits per heavy atom. The Labute approximate surface area is 127 Å². The molecule has 0 aliphatic rings. The summed E-state index contributed by atoms with van der Waals surface area (Å²) in [4.78, 5) is 0. The number of hydrogen-bond acceptors (Lipinski definition) is 5. The normalized spacial score (nSPS) is 12.1. The molecule has 0 fully saturated rings. The summed E-state index contributed by atoms with van der Waals surface area (Å²) < 4.78 is 26.9. The molecule has 0 aliphatic heterocycles. The average Bonchev–Trinajstić information content (AvgIpc) is 2.50. The summed E-state index contributed by atoms with van der Waals surface area (Å²) in [6.07, 6.45) is 0.710. The van der Waals surface area contributed by atoms with Gasteiger partial charge in [0.25, 0.3) is 0 Å². The molecule has 1 rings (SSSR count). The van der Waals surface area contributed by atoms with Gasteiger partial charge >= 0.3 is 0 Å². The smallest absolute Gasteiger partial charge is 0.197 e. The van der Waals surface area contributed by atoms with E-state index in [2.05, 4.69) is 6.92 Å². The van der Waals surface area contributed by atoms with Crippen LogP contribution in [0.1, 0.15) is 20.3 Å². The van der Waals surface area contributed by atoms with Gasteiger partial charge < -0.3 is 23.7 Å². The first-order valence-corrected chi connectivity index (χ1v) is 7.34. The molecule has 0 aromatic heterocycles. The predicted molar refractivity (Wildman–Crippen MR) is 81.0 cm³/mol. The van der Waals surface area contributed by atoms with Crippen molar-refractivity contribution in [3.05, 3.63) is 24.3 Å². The van der Waals surface area contributed by atoms with Crippen molar-refractivity contribution in [3.8, 4) is 11.5 Å². The molecule has 5 nitrogen and oxygen atoms in total. The van der Waals surface area contributed by atoms with Gasteiger partial charge in [-0.3, -0.25) is 0 Å². The first kappa shape index (κ1) is 17.8. The summed E-state index contributed by atoms with van der Waals surface area (Å²) >= 11 is 0. The van der Waals surface area contributed by atoms with Crippen molar-refractivity contribution in [2.24, 2.45) is 0 Å². The van der Waals surface area contributed by atoms with E-state index in [0.29, 0.717) is 26.4 Å². The fourth-order valence-corrected chi connectivity index (χ4v) is 1.62. The lowest BCUT2D eigenvalue weighted by Crippen LogP contribution is -2.19. The Balaban J connectivity index is 2.04. The zero-order chi connectivity index (χ0) is 15.3. The number of rotatable bonds is 12. The topological polar surface area (TPSA) is 46.2 Å². The van der Waals surface area contributed by atoms with Crippen molar-refractivity contribution < 1.29 is 23.7 Å². The maximum absolute atomic E-state index is 5.62. The van der Waals surface area contributed by atoms with Crippen LogP contribution in [0.2, 0.25) is 0 Å². The van der Waals surface area contributed by atoms with E-state index >= 15 is 0 Å². The van der Waals surface area contributed by atoms with Gasteiger partial charge in [-0.2, -0.15) is 0 Å². The van der Waals surface area contributed by atoms with Crippen LogP contribution < -0.4 is 9.47 Å². The molecule has 1 aromatic carbocycles. The van der Waals surface area contributed by atoms with Gasteiger partial charge in [0, 0.05) is 6.61 Å². The van der Waals surface area contributed by atoms with Crippen LogP contribution in [0.25, 0.3) is 0 Å². The molecular weight excluding hydrogens is 272 g/mol. The molecule has 0 saturated carbocycles. The van der Waals surface area contributed by atoms with E-state index in [4.69, 9.17) is 23.7 Å². The summed E-state index contributed by atoms with van der Waals surface area (Å²) in [7, 11) is 1.63. The van der Waals surface area contributed by atoms with E-state index < -0.39 is 0 Å². The fourth-order valence-electron chi connectivity index (χ4n) is 1.62. The molecule has 120 valence electrons. The first-order valence-electron chi connectivity index (χ1n) is 7.34. The second-order valence-electron chi connectivity index (χ2n) is 4.46. The minimum atomic E-state index is -0.321. The zero-order valence-corrected chi connectivity index (χ0v) is 13.2. The minimum Gasteiger partial charge on any atom is -0.497 e. The highest BCUT2D eigenvalue weighted by atomic mass is 16.7. The average molecular weight is 298 g/mol. The van der Waals surface area contributed by atoms with Crippen molar-refractivity contribution in [1.82, 2.24) is 0 Å². The van der Waals surface area contributed by atoms with Crippen LogP contribution in [0.4, 0.5) is 0 Å². The van der Waals surface area contributed by atoms with Gasteiger partial charge in [-0.1, -0.05) is 6.92 Å². The lowest BCUT2D eigenvalue weighted by atomic mass is 10.3. The molecule has 0 saturated heterocycles. The molecule has 0 heterocycles. The second kappa shape index (κ2) is 11.4. The van der Waals surface area contributed by atoms with Crippen LogP contribution in [0, 0.1) is 0 Å². The van der Waals surface area contributed by atoms with Crippen LogP contribution in [-0.4, -0.2) is 46.4 Å². The van der Waals surface area contributed by atoms with Gasteiger partial charge in [-0.05, 0) is 37.6 Å². The fraction of sp³-hybridized carbons (Fsp3) is 0.625. The number of benzene rings is 1. The molecule has 5 heteroatoms. The van der Waals surface area contributed by atoms with Gasteiger partial charge in [0.1, 0.15) is 11.5 Å². The minimum absolute atomic E-state index is 0.321. The molecular formula is C16H26O5. The van der Waals surface area contributed by atoms with Crippen LogP contribution in [-0.2, 0) is 14.2 Å². The molecule has 0 bridgehead atoms. The van der Waals surface area contributed by atoms with Gasteiger partial charge in [0.2, 0.25) is 0 Å². The highest BCUT2D eigenvalue weighted by molar-refractivity contribution is 5.31. The molecule has 1 aromatic rings. The van der Waals surface area contributed by atoms with Crippen molar-refractivity contribution in [2.45, 2.75) is 26.6 Å². The standard InChI is InChI=1S/C16H26O5/c1-4-9-18-10-11-19-12-13-20-14(2)21-16-7-5-15(17-3)6-8-16/h5-8,14H,4,9-13H2,1-3H3/t14-/m0/s1. The lowest BCUT2D eigenvalue weighted by Gasteiger charge is -2.15. The Kier molecular flexibility index (Phi) is 9.61. The van der Waals surface area contributed by atoms with Crippen molar-refractivity contribution in [1.29, 1.82) is 0 Å². The quantitative estimate of drug-likeness (QED) is 0.438. The van der Waals surface area contributed by atoms with E-state index in [9.17, 15) is 0 Å². The zero-order valence-electron chi connectivity index (χ0n) is 13.2. The third-order valence-corrected chi connectivity index (χ3v) is 2.66. The molecule has 0 amide bonds. The molecule has 0 N–H and O–H groups in total. The third kappa shape index (κ3) is 8.55. The molecule has 21 heavy (non-hydrogen) atoms. The first-order chi connectivity index (χ1) is 10.3. The van der Waals surface area contributed by atoms with Crippen molar-refractivity contribution in [2.75, 3.05) is 40.1 Å². The molecule has 0 unspecified atom stereocenters. The number of hydrogen-bond donors (Lipinski definition) is 0. The maximum Gasteiger partial charge on any atom is 0.197 e. The van der Waals surface area contributed by atoms with Crippen LogP contribution >= 0.6 is 0 Å². The van der Waals surface area contributed by atoms with Crippen LogP contribution in [0.5, 0.6) is 11.5 Å². The van der Waals surface area contributed by atoms with Crippen LogP contribution in [0.3, 0.4) is 0 Å². The van der Waals surface area contributed by atoms with Gasteiger partial charge in [-0.25, -0.2) is 0 Å². The monoisotopic (exact) mass is 298 g/mol. The Bertz CT molecular complexity index is 352. The number of methoxy groups -OCH3 is 1. The van der Waals surface area contributed by atoms with E-state index in [-0.39, 0.29) is 6.29 Å². The van der Waals surface area contributed by atoms with Gasteiger partial charge in [0.05, 0.1) is 33.5 Å². The summed E-state index contributed by atoms with van der Waals surface area (Å²) in [5.74, 6) is 1.55. The summed E-state index contributed by atoms with van der Waals surface area (Å²) in [6.45, 7) is 6.97. The SMILES string of the molecule is CCCOCCOCCO[C@H](C)Oc1ccc(OC)cc1. The molecule has 0 aliphatic carbocycles. The summed E-state index contributed by atoms with van der Waals surface area (Å²) in [5, 5.41) is 0. The lowest BCUT2D eigenvalue weighted by molar-refractivity contribution is -0.0860. The van der Waals surface area contributed by atoms with Crippen molar-refractivity contribution >= 4 is 0 Å². The van der Waals surface area contributed by atoms with E-state index in [1.807, 2.05) is 31.2 Å². The van der Waals surface area contributed by atoms with Gasteiger partial charge in [0.15, 0.2) is 6.29 Å². The largest absolute Gasteiger partial charge is 0.497 e. The van der Waals surface area contributed by atoms with Crippen LogP contribution in [0.15, 0.2) is 24.3 Å². The van der Waals surface area contributed by atoms with Crippen molar-refractivity contribution in [3.63, 3.8) is 0 Å². The second-order valence-corrected chi connectivity index (χ2v) is 4.46. The van der Waals surface area contributed by atoms with E-state index in [1.165, 1.54) is 0 Å². The highest BCUT2D eigenvalue weighted by Crippen LogP contribution is 2.18. The maximum atomic E-state index is 5.62. The Morgan fingerprint density at radius 3 is 2.05 bits per heavy atom. The Hall–Kier alpha value is -1.30. The summed E-state index contributed by atoms with van der Waals surface area (Å²) in [6, 6.07) is 7.39. The molecule has 0 spiro atoms. The highest BCUT2D eigenvalue weighted by Gasteiger charge is 2.04. The predicted octanol–water partition coefficient (Wildman–Crippen LogP) is 2.88. The van der Waals surface area contributed by atoms with E-state index in [0.717, 1.165) is 24.5 Å². The Morgan fingerprint density at radius 2 is 1.43 bits per heavy atom. The molecule has 1 atom stereocenters. The number of ether oxygens (including phenoxy) is 5. The summed E-state index contributed by atoms with van der Waals surface area (Å²) in [5.41, 5.74) is 0.